The Labute approximate surface area is 496 Å². The molecule has 0 unspecified atom stereocenters. The van der Waals surface area contributed by atoms with E-state index in [0.29, 0.717) is 0 Å². The average molecular weight is 1250 g/mol. The second-order valence-electron chi connectivity index (χ2n) is 17.7. The smallest absolute Gasteiger partial charge is 0.354 e. The highest BCUT2D eigenvalue weighted by atomic mass is 16.5. The largest absolute Gasteiger partial charge is 0.489 e. The lowest BCUT2D eigenvalue weighted by atomic mass is 9.87. The van der Waals surface area contributed by atoms with Gasteiger partial charge in [0.05, 0.1) is 0 Å². The molecule has 0 atom stereocenters. The molecule has 0 aliphatic heterocycles. The summed E-state index contributed by atoms with van der Waals surface area (Å²) < 4.78 is 36.5. The maximum absolute atomic E-state index is 12.3. The molecule has 0 aliphatic carbocycles. The van der Waals surface area contributed by atoms with Crippen LogP contribution in [0.3, 0.4) is 0 Å². The maximum Gasteiger partial charge on any atom is 0.354 e. The molecule has 0 fully saturated rings. The first kappa shape index (κ1) is 64.1. The Morgan fingerprint density at radius 3 is 0.367 bits per heavy atom. The molecule has 90 heavy (non-hydrogen) atoms. The van der Waals surface area contributed by atoms with Crippen molar-refractivity contribution >= 4 is 71.6 Å². The predicted molar refractivity (Wildman–Crippen MR) is 281 cm³/mol. The third kappa shape index (κ3) is 15.7. The monoisotopic (exact) mass is 1250 g/mol. The molecule has 0 radical (unpaired) electrons. The van der Waals surface area contributed by atoms with Crippen LogP contribution in [-0.2, 0) is 39.6 Å². The van der Waals surface area contributed by atoms with Crippen molar-refractivity contribution in [2.75, 3.05) is 0 Å². The summed E-state index contributed by atoms with van der Waals surface area (Å²) >= 11 is 0. The van der Waals surface area contributed by atoms with Crippen LogP contribution in [0.1, 0.15) is 159 Å². The Bertz CT molecular complexity index is 3320. The third-order valence-corrected chi connectivity index (χ3v) is 11.9. The fourth-order valence-corrected chi connectivity index (χ4v) is 7.92. The summed E-state index contributed by atoms with van der Waals surface area (Å²) in [6, 6.07) is 8.73. The van der Waals surface area contributed by atoms with Crippen LogP contribution < -0.4 is 28.4 Å². The molecule has 0 aliphatic rings. The lowest BCUT2D eigenvalue weighted by molar-refractivity contribution is 0.0662. The van der Waals surface area contributed by atoms with Crippen LogP contribution in [0.5, 0.6) is 34.5 Å². The van der Waals surface area contributed by atoms with Crippen LogP contribution in [0.4, 0.5) is 0 Å². The minimum atomic E-state index is -1.80. The first-order valence-corrected chi connectivity index (χ1v) is 24.3. The minimum absolute atomic E-state index is 0.400. The van der Waals surface area contributed by atoms with Gasteiger partial charge in [0.1, 0.15) is 74.1 Å². The summed E-state index contributed by atoms with van der Waals surface area (Å²) in [7, 11) is 0. The van der Waals surface area contributed by atoms with Crippen LogP contribution >= 0.6 is 0 Å². The molecule has 0 saturated carbocycles. The van der Waals surface area contributed by atoms with Crippen LogP contribution in [-0.4, -0.2) is 163 Å². The molecule has 0 spiro atoms. The second kappa shape index (κ2) is 27.1. The van der Waals surface area contributed by atoms with E-state index >= 15 is 0 Å². The van der Waals surface area contributed by atoms with Gasteiger partial charge >= 0.3 is 71.6 Å². The zero-order valence-electron chi connectivity index (χ0n) is 44.6. The number of aromatic nitrogens is 6. The number of carbonyl (C=O) groups is 12. The van der Waals surface area contributed by atoms with Crippen molar-refractivity contribution in [3.05, 3.63) is 175 Å². The summed E-state index contributed by atoms with van der Waals surface area (Å²) in [4.78, 5) is 169. The molecule has 12 N–H and O–H groups in total. The molecule has 1 aromatic carbocycles. The number of hydrogen-bond donors (Lipinski definition) is 12. The van der Waals surface area contributed by atoms with E-state index in [1.807, 2.05) is 0 Å². The van der Waals surface area contributed by atoms with Gasteiger partial charge < -0.3 is 89.7 Å². The fraction of sp³-hybridized carbons (Fsp3) is 0.111. The second-order valence-corrected chi connectivity index (χ2v) is 17.7. The Kier molecular flexibility index (Phi) is 19.3. The Hall–Kier alpha value is -13.4. The number of aromatic carboxylic acids is 12. The fourth-order valence-electron chi connectivity index (χ4n) is 7.92. The van der Waals surface area contributed by atoms with E-state index in [4.69, 9.17) is 28.4 Å². The van der Waals surface area contributed by atoms with Crippen LogP contribution in [0.25, 0.3) is 0 Å². The maximum atomic E-state index is 12.3. The van der Waals surface area contributed by atoms with Gasteiger partial charge in [-0.25, -0.2) is 87.4 Å². The number of ether oxygens (including phenoxy) is 6. The average Bonchev–Trinajstić information content (AvgIpc) is 0.953. The highest BCUT2D eigenvalue weighted by Gasteiger charge is 2.30. The van der Waals surface area contributed by atoms with Gasteiger partial charge in [0, 0.05) is 106 Å². The van der Waals surface area contributed by atoms with Crippen molar-refractivity contribution in [2.24, 2.45) is 0 Å². The summed E-state index contributed by atoms with van der Waals surface area (Å²) in [5.41, 5.74) is -13.6. The Morgan fingerprint density at radius 2 is 0.289 bits per heavy atom. The summed E-state index contributed by atoms with van der Waals surface area (Å²) in [6.07, 6.45) is 0. The van der Waals surface area contributed by atoms with Crippen molar-refractivity contribution in [1.29, 1.82) is 0 Å². The zero-order valence-corrected chi connectivity index (χ0v) is 44.6. The van der Waals surface area contributed by atoms with Gasteiger partial charge in [0.15, 0.2) is 68.3 Å². The highest BCUT2D eigenvalue weighted by Crippen LogP contribution is 2.36. The lowest BCUT2D eigenvalue weighted by Gasteiger charge is -2.28. The van der Waals surface area contributed by atoms with Gasteiger partial charge in [-0.15, -0.1) is 0 Å². The molecular formula is C54H36N6O30. The van der Waals surface area contributed by atoms with E-state index in [1.54, 1.807) is 0 Å². The van der Waals surface area contributed by atoms with Gasteiger partial charge in [0.25, 0.3) is 0 Å². The number of carboxylic acid groups (broad SMARTS) is 12. The molecule has 7 rings (SSSR count). The van der Waals surface area contributed by atoms with Gasteiger partial charge in [-0.3, -0.25) is 0 Å². The molecule has 6 aromatic heterocycles. The van der Waals surface area contributed by atoms with Gasteiger partial charge in [0.2, 0.25) is 0 Å². The highest BCUT2D eigenvalue weighted by molar-refractivity contribution is 5.94. The first-order chi connectivity index (χ1) is 42.5. The summed E-state index contributed by atoms with van der Waals surface area (Å²) in [5, 5.41) is 119. The van der Waals surface area contributed by atoms with E-state index in [9.17, 15) is 119 Å². The normalized spacial score (nSPS) is 10.7. The van der Waals surface area contributed by atoms with Crippen molar-refractivity contribution in [1.82, 2.24) is 29.9 Å². The minimum Gasteiger partial charge on any atom is -0.489 e. The quantitative estimate of drug-likeness (QED) is 0.0304. The van der Waals surface area contributed by atoms with Gasteiger partial charge in [-0.05, 0) is 0 Å². The van der Waals surface area contributed by atoms with Crippen LogP contribution in [0.2, 0.25) is 0 Å². The molecular weight excluding hydrogens is 1210 g/mol. The molecule has 0 saturated heterocycles. The summed E-state index contributed by atoms with van der Waals surface area (Å²) in [6.45, 7) is -6.38. The Balaban J connectivity index is 1.65. The number of pyridine rings is 6. The predicted octanol–water partition coefficient (Wildman–Crippen LogP) is 3.91. The number of benzene rings is 1. The lowest BCUT2D eigenvalue weighted by Crippen LogP contribution is -2.22. The third-order valence-electron chi connectivity index (χ3n) is 11.9. The number of carboxylic acids is 12. The Morgan fingerprint density at radius 1 is 0.200 bits per heavy atom. The van der Waals surface area contributed by atoms with Gasteiger partial charge in [-0.1, -0.05) is 0 Å². The van der Waals surface area contributed by atoms with Crippen molar-refractivity contribution in [3.63, 3.8) is 0 Å². The number of rotatable bonds is 30. The molecule has 6 heterocycles. The molecule has 0 amide bonds. The van der Waals surface area contributed by atoms with Crippen molar-refractivity contribution in [3.8, 4) is 34.5 Å². The number of hydrogen-bond acceptors (Lipinski definition) is 24. The van der Waals surface area contributed by atoms with Crippen LogP contribution in [0, 0.1) is 0 Å². The van der Waals surface area contributed by atoms with E-state index in [1.165, 1.54) is 0 Å². The van der Waals surface area contributed by atoms with E-state index in [2.05, 4.69) is 29.9 Å². The zero-order chi connectivity index (χ0) is 66.0. The molecule has 0 bridgehead atoms. The molecule has 36 nitrogen and oxygen atoms in total. The molecule has 7 aromatic rings. The summed E-state index contributed by atoms with van der Waals surface area (Å²) in [5.74, 6) is -25.2. The van der Waals surface area contributed by atoms with E-state index in [0.717, 1.165) is 72.8 Å². The molecule has 36 heteroatoms. The van der Waals surface area contributed by atoms with Gasteiger partial charge in [-0.2, -0.15) is 0 Å². The first-order valence-electron chi connectivity index (χ1n) is 24.3. The van der Waals surface area contributed by atoms with Crippen molar-refractivity contribution < 1.29 is 147 Å². The van der Waals surface area contributed by atoms with E-state index in [-0.39, 0.29) is 0 Å². The van der Waals surface area contributed by atoms with Crippen molar-refractivity contribution in [2.45, 2.75) is 39.6 Å². The standard InChI is InChI=1S/C54H36N6O30/c61-43(62)31-1-19(2-32(55-31)44(63)64)85-13-25-26(14-86-20-3-33(45(65)66)56-34(4-20)46(67)68)28(16-88-22-7-37(49(73)74)58-38(8-22)50(75)76)30(18-90-24-11-41(53(81)82)60-42(12-24)54(83)84)29(17-89-23-9-39(51(77)78)59-40(10-23)52(79)80)27(25)15-87-21-5-35(47(69)70)57-36(6-21)48(71)72/h1-12H,13-18H2,(H,61,62)(H,63,64)(H,65,66)(H,67,68)(H,69,70)(H,71,72)(H,73,74)(H,75,76)(H,77,78)(H,79,80)(H,81,82)(H,83,84). The van der Waals surface area contributed by atoms with E-state index < -0.39 is 247 Å². The van der Waals surface area contributed by atoms with Crippen LogP contribution in [0.15, 0.2) is 72.8 Å². The SMILES string of the molecule is O=C(O)c1cc(OCc2c(COc3cc(C(=O)O)nc(C(=O)O)c3)c(COc3cc(C(=O)O)nc(C(=O)O)c3)c(COc3cc(C(=O)O)nc(C(=O)O)c3)c(COc3cc(C(=O)O)nc(C(=O)O)c3)c2COc2cc(C(=O)O)nc(C(=O)O)c2)cc(C(=O)O)n1. The number of nitrogens with zero attached hydrogens (tertiary/aromatic N) is 6. The topological polar surface area (TPSA) is 580 Å². The molecule has 462 valence electrons.